The summed E-state index contributed by atoms with van der Waals surface area (Å²) >= 11 is 5.83. The summed E-state index contributed by atoms with van der Waals surface area (Å²) in [5.74, 6) is 0.372. The number of benzene rings is 2. The van der Waals surface area contributed by atoms with E-state index in [1.165, 1.54) is 0 Å². The SMILES string of the molecule is CCC(C)NC(=O)c1ccccc1NC(=O)CCCOc1ccc(Cl)cc1. The molecule has 2 aromatic carbocycles. The summed E-state index contributed by atoms with van der Waals surface area (Å²) in [5.41, 5.74) is 0.977. The van der Waals surface area contributed by atoms with E-state index in [0.717, 1.165) is 6.42 Å². The van der Waals surface area contributed by atoms with Crippen molar-refractivity contribution in [2.75, 3.05) is 11.9 Å². The Morgan fingerprint density at radius 2 is 1.81 bits per heavy atom. The van der Waals surface area contributed by atoms with Crippen LogP contribution in [0.1, 0.15) is 43.5 Å². The topological polar surface area (TPSA) is 67.4 Å². The summed E-state index contributed by atoms with van der Waals surface area (Å²) in [4.78, 5) is 24.6. The van der Waals surface area contributed by atoms with Crippen molar-refractivity contribution in [1.29, 1.82) is 0 Å². The monoisotopic (exact) mass is 388 g/mol. The molecule has 0 aromatic heterocycles. The van der Waals surface area contributed by atoms with Crippen molar-refractivity contribution in [3.05, 3.63) is 59.1 Å². The number of hydrogen-bond acceptors (Lipinski definition) is 3. The van der Waals surface area contributed by atoms with Crippen molar-refractivity contribution >= 4 is 29.1 Å². The molecule has 144 valence electrons. The molecule has 6 heteroatoms. The van der Waals surface area contributed by atoms with E-state index in [1.807, 2.05) is 13.8 Å². The second kappa shape index (κ2) is 10.6. The standard InChI is InChI=1S/C21H25ClN2O3/c1-3-15(2)23-21(26)18-7-4-5-8-19(18)24-20(25)9-6-14-27-17-12-10-16(22)11-13-17/h4-5,7-8,10-13,15H,3,6,9,14H2,1-2H3,(H,23,26)(H,24,25). The summed E-state index contributed by atoms with van der Waals surface area (Å²) in [7, 11) is 0. The Morgan fingerprint density at radius 1 is 1.11 bits per heavy atom. The highest BCUT2D eigenvalue weighted by atomic mass is 35.5. The summed E-state index contributed by atoms with van der Waals surface area (Å²) in [5, 5.41) is 6.38. The van der Waals surface area contributed by atoms with Crippen molar-refractivity contribution in [1.82, 2.24) is 5.32 Å². The molecule has 0 saturated carbocycles. The van der Waals surface area contributed by atoms with Crippen molar-refractivity contribution in [2.24, 2.45) is 0 Å². The van der Waals surface area contributed by atoms with E-state index in [0.29, 0.717) is 41.5 Å². The van der Waals surface area contributed by atoms with Crippen LogP contribution in [0.2, 0.25) is 5.02 Å². The Bertz CT molecular complexity index is 762. The van der Waals surface area contributed by atoms with Crippen molar-refractivity contribution in [3.8, 4) is 5.75 Å². The van der Waals surface area contributed by atoms with E-state index < -0.39 is 0 Å². The molecule has 0 aliphatic carbocycles. The van der Waals surface area contributed by atoms with Gasteiger partial charge in [-0.3, -0.25) is 9.59 Å². The molecule has 0 aliphatic rings. The number of hydrogen-bond donors (Lipinski definition) is 2. The van der Waals surface area contributed by atoms with Crippen LogP contribution in [0.25, 0.3) is 0 Å². The first-order chi connectivity index (χ1) is 13.0. The minimum absolute atomic E-state index is 0.0753. The number of carbonyl (C=O) groups is 2. The van der Waals surface area contributed by atoms with Gasteiger partial charge in [0.1, 0.15) is 5.75 Å². The third-order valence-electron chi connectivity index (χ3n) is 4.07. The smallest absolute Gasteiger partial charge is 0.253 e. The molecule has 2 rings (SSSR count). The fraction of sp³-hybridized carbons (Fsp3) is 0.333. The minimum atomic E-state index is -0.189. The lowest BCUT2D eigenvalue weighted by molar-refractivity contribution is -0.116. The van der Waals surface area contributed by atoms with Crippen LogP contribution in [0.4, 0.5) is 5.69 Å². The Kier molecular flexibility index (Phi) is 8.14. The van der Waals surface area contributed by atoms with E-state index >= 15 is 0 Å². The summed E-state index contributed by atoms with van der Waals surface area (Å²) < 4.78 is 5.58. The van der Waals surface area contributed by atoms with Gasteiger partial charge in [-0.1, -0.05) is 30.7 Å². The molecule has 0 radical (unpaired) electrons. The van der Waals surface area contributed by atoms with Crippen LogP contribution in [0, 0.1) is 0 Å². The summed E-state index contributed by atoms with van der Waals surface area (Å²) in [6.45, 7) is 4.37. The molecular weight excluding hydrogens is 364 g/mol. The van der Waals surface area contributed by atoms with E-state index in [9.17, 15) is 9.59 Å². The molecule has 0 heterocycles. The maximum absolute atomic E-state index is 12.4. The van der Waals surface area contributed by atoms with Crippen LogP contribution in [0.15, 0.2) is 48.5 Å². The molecule has 0 aliphatic heterocycles. The number of rotatable bonds is 9. The number of halogens is 1. The number of ether oxygens (including phenoxy) is 1. The molecule has 1 unspecified atom stereocenters. The molecule has 0 bridgehead atoms. The van der Waals surface area contributed by atoms with Gasteiger partial charge < -0.3 is 15.4 Å². The first-order valence-electron chi connectivity index (χ1n) is 9.07. The van der Waals surface area contributed by atoms with E-state index in [4.69, 9.17) is 16.3 Å². The first kappa shape index (κ1) is 20.8. The summed E-state index contributed by atoms with van der Waals surface area (Å²) in [6, 6.07) is 14.2. The van der Waals surface area contributed by atoms with Crippen LogP contribution < -0.4 is 15.4 Å². The fourth-order valence-electron chi connectivity index (χ4n) is 2.36. The second-order valence-corrected chi connectivity index (χ2v) is 6.72. The van der Waals surface area contributed by atoms with Crippen LogP contribution in [-0.2, 0) is 4.79 Å². The Hall–Kier alpha value is -2.53. The Morgan fingerprint density at radius 3 is 2.52 bits per heavy atom. The van der Waals surface area contributed by atoms with Crippen molar-refractivity contribution < 1.29 is 14.3 Å². The van der Waals surface area contributed by atoms with E-state index in [-0.39, 0.29) is 17.9 Å². The van der Waals surface area contributed by atoms with Crippen LogP contribution in [0.5, 0.6) is 5.75 Å². The number of para-hydroxylation sites is 1. The zero-order valence-corrected chi connectivity index (χ0v) is 16.4. The highest BCUT2D eigenvalue weighted by Gasteiger charge is 2.14. The number of nitrogens with one attached hydrogen (secondary N) is 2. The number of anilines is 1. The Balaban J connectivity index is 1.83. The second-order valence-electron chi connectivity index (χ2n) is 6.28. The zero-order chi connectivity index (χ0) is 19.6. The highest BCUT2D eigenvalue weighted by Crippen LogP contribution is 2.17. The maximum atomic E-state index is 12.4. The van der Waals surface area contributed by atoms with Crippen LogP contribution in [0.3, 0.4) is 0 Å². The van der Waals surface area contributed by atoms with Gasteiger partial charge in [0, 0.05) is 17.5 Å². The van der Waals surface area contributed by atoms with Gasteiger partial charge in [0.15, 0.2) is 0 Å². The predicted molar refractivity (Wildman–Crippen MR) is 108 cm³/mol. The molecule has 0 fully saturated rings. The molecule has 5 nitrogen and oxygen atoms in total. The van der Waals surface area contributed by atoms with Gasteiger partial charge >= 0.3 is 0 Å². The van der Waals surface area contributed by atoms with Gasteiger partial charge in [0.2, 0.25) is 5.91 Å². The number of amides is 2. The predicted octanol–water partition coefficient (Wildman–Crippen LogP) is 4.67. The van der Waals surface area contributed by atoms with E-state index in [2.05, 4.69) is 10.6 Å². The van der Waals surface area contributed by atoms with Crippen molar-refractivity contribution in [2.45, 2.75) is 39.2 Å². The number of carbonyl (C=O) groups excluding carboxylic acids is 2. The molecule has 2 N–H and O–H groups in total. The normalized spacial score (nSPS) is 11.5. The maximum Gasteiger partial charge on any atom is 0.253 e. The molecule has 2 amide bonds. The zero-order valence-electron chi connectivity index (χ0n) is 15.6. The molecule has 2 aromatic rings. The fourth-order valence-corrected chi connectivity index (χ4v) is 2.49. The lowest BCUT2D eigenvalue weighted by atomic mass is 10.1. The van der Waals surface area contributed by atoms with Gasteiger partial charge in [0.05, 0.1) is 17.9 Å². The van der Waals surface area contributed by atoms with Crippen LogP contribution in [-0.4, -0.2) is 24.5 Å². The molecular formula is C21H25ClN2O3. The average Bonchev–Trinajstić information content (AvgIpc) is 2.67. The molecule has 0 saturated heterocycles. The molecule has 0 spiro atoms. The highest BCUT2D eigenvalue weighted by molar-refractivity contribution is 6.30. The summed E-state index contributed by atoms with van der Waals surface area (Å²) in [6.07, 6.45) is 1.71. The lowest BCUT2D eigenvalue weighted by Gasteiger charge is -2.14. The van der Waals surface area contributed by atoms with E-state index in [1.54, 1.807) is 48.5 Å². The minimum Gasteiger partial charge on any atom is -0.494 e. The third kappa shape index (κ3) is 6.94. The first-order valence-corrected chi connectivity index (χ1v) is 9.45. The van der Waals surface area contributed by atoms with Gasteiger partial charge in [-0.05, 0) is 56.2 Å². The van der Waals surface area contributed by atoms with Gasteiger partial charge in [-0.25, -0.2) is 0 Å². The third-order valence-corrected chi connectivity index (χ3v) is 4.32. The molecule has 27 heavy (non-hydrogen) atoms. The molecule has 1 atom stereocenters. The largest absolute Gasteiger partial charge is 0.494 e. The van der Waals surface area contributed by atoms with Gasteiger partial charge in [0.25, 0.3) is 5.91 Å². The van der Waals surface area contributed by atoms with Crippen LogP contribution >= 0.6 is 11.6 Å². The average molecular weight is 389 g/mol. The Labute approximate surface area is 165 Å². The van der Waals surface area contributed by atoms with Gasteiger partial charge in [-0.15, -0.1) is 0 Å². The quantitative estimate of drug-likeness (QED) is 0.613. The lowest BCUT2D eigenvalue weighted by Crippen LogP contribution is -2.32. The van der Waals surface area contributed by atoms with Gasteiger partial charge in [-0.2, -0.15) is 0 Å². The van der Waals surface area contributed by atoms with Crippen molar-refractivity contribution in [3.63, 3.8) is 0 Å².